The molecule has 0 bridgehead atoms. The lowest BCUT2D eigenvalue weighted by atomic mass is 10.0. The highest BCUT2D eigenvalue weighted by Gasteiger charge is 2.56. The molecule has 0 atom stereocenters. The van der Waals surface area contributed by atoms with Gasteiger partial charge in [0.15, 0.2) is 0 Å². The van der Waals surface area contributed by atoms with Crippen LogP contribution in [0.4, 0.5) is 5.69 Å². The molecule has 0 unspecified atom stereocenters. The van der Waals surface area contributed by atoms with Gasteiger partial charge in [0.25, 0.3) is 0 Å². The summed E-state index contributed by atoms with van der Waals surface area (Å²) in [7, 11) is 1.61. The average molecular weight is 382 g/mol. The molecular formula is C22H26N2O4. The summed E-state index contributed by atoms with van der Waals surface area (Å²) in [4.78, 5) is 25.3. The van der Waals surface area contributed by atoms with Crippen LogP contribution in [0.15, 0.2) is 42.5 Å². The predicted octanol–water partition coefficient (Wildman–Crippen LogP) is 3.23. The van der Waals surface area contributed by atoms with E-state index >= 15 is 0 Å². The molecule has 1 fully saturated rings. The summed E-state index contributed by atoms with van der Waals surface area (Å²) < 4.78 is 10.7. The molecule has 1 saturated carbocycles. The van der Waals surface area contributed by atoms with E-state index in [1.165, 1.54) is 0 Å². The second-order valence-electron chi connectivity index (χ2n) is 7.06. The molecule has 1 aliphatic rings. The summed E-state index contributed by atoms with van der Waals surface area (Å²) in [6.07, 6.45) is 1.13. The van der Waals surface area contributed by atoms with Gasteiger partial charge in [-0.25, -0.2) is 0 Å². The Labute approximate surface area is 165 Å². The van der Waals surface area contributed by atoms with Crippen LogP contribution in [0.1, 0.15) is 24.0 Å². The highest BCUT2D eigenvalue weighted by atomic mass is 16.5. The lowest BCUT2D eigenvalue weighted by Crippen LogP contribution is -2.41. The fourth-order valence-electron chi connectivity index (χ4n) is 2.99. The number of hydrogen-bond donors (Lipinski definition) is 2. The van der Waals surface area contributed by atoms with Crippen LogP contribution in [0.25, 0.3) is 0 Å². The minimum atomic E-state index is -0.962. The molecule has 0 radical (unpaired) electrons. The Morgan fingerprint density at radius 1 is 1.00 bits per heavy atom. The number of carbonyl (C=O) groups is 2. The molecule has 2 N–H and O–H groups in total. The molecule has 2 amide bonds. The van der Waals surface area contributed by atoms with Crippen LogP contribution < -0.4 is 20.1 Å². The number of rotatable bonds is 8. The lowest BCUT2D eigenvalue weighted by molar-refractivity contribution is -0.134. The van der Waals surface area contributed by atoms with E-state index < -0.39 is 5.41 Å². The second kappa shape index (κ2) is 8.33. The minimum Gasteiger partial charge on any atom is -0.497 e. The molecule has 6 heteroatoms. The number of nitrogens with one attached hydrogen (secondary N) is 2. The first kappa shape index (κ1) is 19.7. The summed E-state index contributed by atoms with van der Waals surface area (Å²) in [5, 5.41) is 5.74. The van der Waals surface area contributed by atoms with Gasteiger partial charge in [0.1, 0.15) is 23.5 Å². The molecule has 1 aliphatic carbocycles. The van der Waals surface area contributed by atoms with E-state index in [1.54, 1.807) is 19.2 Å². The van der Waals surface area contributed by atoms with Crippen molar-refractivity contribution in [2.24, 2.45) is 5.41 Å². The van der Waals surface area contributed by atoms with E-state index in [0.717, 1.165) is 22.6 Å². The summed E-state index contributed by atoms with van der Waals surface area (Å²) >= 11 is 0. The van der Waals surface area contributed by atoms with Crippen molar-refractivity contribution in [3.05, 3.63) is 53.6 Å². The normalized spacial score (nSPS) is 14.1. The fraction of sp³-hybridized carbons (Fsp3) is 0.364. The van der Waals surface area contributed by atoms with Gasteiger partial charge in [-0.1, -0.05) is 12.1 Å². The van der Waals surface area contributed by atoms with Gasteiger partial charge >= 0.3 is 0 Å². The quantitative estimate of drug-likeness (QED) is 0.543. The predicted molar refractivity (Wildman–Crippen MR) is 108 cm³/mol. The van der Waals surface area contributed by atoms with E-state index in [0.29, 0.717) is 31.7 Å². The Balaban J connectivity index is 1.49. The third kappa shape index (κ3) is 4.27. The summed E-state index contributed by atoms with van der Waals surface area (Å²) in [6.45, 7) is 4.62. The van der Waals surface area contributed by atoms with Crippen LogP contribution in [0.3, 0.4) is 0 Å². The first-order valence-corrected chi connectivity index (χ1v) is 9.39. The van der Waals surface area contributed by atoms with E-state index in [4.69, 9.17) is 9.47 Å². The number of anilines is 1. The molecule has 2 aromatic rings. The number of hydrogen-bond acceptors (Lipinski definition) is 4. The molecule has 3 rings (SSSR count). The standard InChI is InChI=1S/C22H26N2O4/c1-15-5-4-6-19(16(15)2)24-21(26)22(11-12-22)20(25)23-13-14-28-18-9-7-17(27-3)8-10-18/h4-10H,11-14H2,1-3H3,(H,23,25)(H,24,26). The molecule has 0 saturated heterocycles. The summed E-state index contributed by atoms with van der Waals surface area (Å²) in [5.41, 5.74) is 1.91. The molecule has 0 spiro atoms. The van der Waals surface area contributed by atoms with Gasteiger partial charge < -0.3 is 20.1 Å². The van der Waals surface area contributed by atoms with Crippen molar-refractivity contribution in [1.29, 1.82) is 0 Å². The average Bonchev–Trinajstić information content (AvgIpc) is 3.51. The van der Waals surface area contributed by atoms with Crippen molar-refractivity contribution in [3.63, 3.8) is 0 Å². The Bertz CT molecular complexity index is 857. The maximum atomic E-state index is 12.7. The SMILES string of the molecule is COc1ccc(OCCNC(=O)C2(C(=O)Nc3cccc(C)c3C)CC2)cc1. The van der Waals surface area contributed by atoms with Crippen LogP contribution in [0.2, 0.25) is 0 Å². The maximum absolute atomic E-state index is 12.7. The van der Waals surface area contributed by atoms with Gasteiger partial charge in [0.05, 0.1) is 13.7 Å². The number of ether oxygens (including phenoxy) is 2. The molecular weight excluding hydrogens is 356 g/mol. The van der Waals surface area contributed by atoms with E-state index in [9.17, 15) is 9.59 Å². The minimum absolute atomic E-state index is 0.241. The van der Waals surface area contributed by atoms with E-state index in [1.807, 2.05) is 44.2 Å². The van der Waals surface area contributed by atoms with Crippen molar-refractivity contribution in [2.45, 2.75) is 26.7 Å². The van der Waals surface area contributed by atoms with E-state index in [2.05, 4.69) is 10.6 Å². The largest absolute Gasteiger partial charge is 0.497 e. The van der Waals surface area contributed by atoms with Gasteiger partial charge in [-0.2, -0.15) is 0 Å². The van der Waals surface area contributed by atoms with Crippen LogP contribution >= 0.6 is 0 Å². The molecule has 0 aromatic heterocycles. The highest BCUT2D eigenvalue weighted by molar-refractivity contribution is 6.13. The monoisotopic (exact) mass is 382 g/mol. The van der Waals surface area contributed by atoms with Crippen molar-refractivity contribution in [1.82, 2.24) is 5.32 Å². The Hall–Kier alpha value is -3.02. The van der Waals surface area contributed by atoms with E-state index in [-0.39, 0.29) is 11.8 Å². The highest BCUT2D eigenvalue weighted by Crippen LogP contribution is 2.47. The topological polar surface area (TPSA) is 76.7 Å². The van der Waals surface area contributed by atoms with Gasteiger partial charge in [-0.3, -0.25) is 9.59 Å². The zero-order chi connectivity index (χ0) is 20.1. The first-order chi connectivity index (χ1) is 13.5. The van der Waals surface area contributed by atoms with Gasteiger partial charge in [-0.15, -0.1) is 0 Å². The van der Waals surface area contributed by atoms with Gasteiger partial charge in [0.2, 0.25) is 11.8 Å². The summed E-state index contributed by atoms with van der Waals surface area (Å²) in [5.74, 6) is 0.971. The molecule has 0 aliphatic heterocycles. The van der Waals surface area contributed by atoms with Crippen LogP contribution in [0, 0.1) is 19.3 Å². The Kier molecular flexibility index (Phi) is 5.87. The smallest absolute Gasteiger partial charge is 0.240 e. The number of amides is 2. The van der Waals surface area contributed by atoms with Crippen molar-refractivity contribution >= 4 is 17.5 Å². The van der Waals surface area contributed by atoms with Crippen molar-refractivity contribution in [2.75, 3.05) is 25.6 Å². The Morgan fingerprint density at radius 3 is 2.32 bits per heavy atom. The van der Waals surface area contributed by atoms with Gasteiger partial charge in [0, 0.05) is 5.69 Å². The van der Waals surface area contributed by atoms with Crippen LogP contribution in [-0.2, 0) is 9.59 Å². The third-order valence-corrected chi connectivity index (χ3v) is 5.19. The third-order valence-electron chi connectivity index (χ3n) is 5.19. The second-order valence-corrected chi connectivity index (χ2v) is 7.06. The fourth-order valence-corrected chi connectivity index (χ4v) is 2.99. The number of benzene rings is 2. The van der Waals surface area contributed by atoms with Crippen LogP contribution in [0.5, 0.6) is 11.5 Å². The zero-order valence-corrected chi connectivity index (χ0v) is 16.5. The number of aryl methyl sites for hydroxylation is 1. The number of carbonyl (C=O) groups excluding carboxylic acids is 2. The molecule has 2 aromatic carbocycles. The molecule has 6 nitrogen and oxygen atoms in total. The maximum Gasteiger partial charge on any atom is 0.240 e. The lowest BCUT2D eigenvalue weighted by Gasteiger charge is -2.17. The zero-order valence-electron chi connectivity index (χ0n) is 16.5. The van der Waals surface area contributed by atoms with Crippen molar-refractivity contribution < 1.29 is 19.1 Å². The number of methoxy groups -OCH3 is 1. The summed E-state index contributed by atoms with van der Waals surface area (Å²) in [6, 6.07) is 13.0. The van der Waals surface area contributed by atoms with Crippen molar-refractivity contribution in [3.8, 4) is 11.5 Å². The molecule has 148 valence electrons. The molecule has 28 heavy (non-hydrogen) atoms. The first-order valence-electron chi connectivity index (χ1n) is 9.39. The van der Waals surface area contributed by atoms with Gasteiger partial charge in [-0.05, 0) is 68.1 Å². The Morgan fingerprint density at radius 2 is 1.68 bits per heavy atom. The molecule has 0 heterocycles. The van der Waals surface area contributed by atoms with Crippen LogP contribution in [-0.4, -0.2) is 32.1 Å².